The van der Waals surface area contributed by atoms with E-state index in [9.17, 15) is 19.7 Å². The van der Waals surface area contributed by atoms with Gasteiger partial charge < -0.3 is 15.0 Å². The van der Waals surface area contributed by atoms with Gasteiger partial charge in [0.2, 0.25) is 5.56 Å². The number of hydrogen-bond donors (Lipinski definition) is 2. The van der Waals surface area contributed by atoms with E-state index >= 15 is 0 Å². The number of benzene rings is 1. The molecular weight excluding hydrogens is 326 g/mol. The van der Waals surface area contributed by atoms with E-state index in [4.69, 9.17) is 4.74 Å². The van der Waals surface area contributed by atoms with Crippen molar-refractivity contribution in [2.24, 2.45) is 5.92 Å². The molecule has 2 rings (SSSR count). The van der Waals surface area contributed by atoms with Crippen LogP contribution in [0.3, 0.4) is 0 Å². The minimum Gasteiger partial charge on any atom is -0.379 e. The minimum atomic E-state index is -0.547. The largest absolute Gasteiger partial charge is 0.379 e. The standard InChI is InChI=1S/C17H21N3O5/c1-10(2)8-25-9-11(3)18-17(22)14-7-16(21)19-15-5-4-12(20(23)24)6-13(14)15/h4-7,10-11H,8-9H2,1-3H3,(H,18,22)(H,19,21)/t11-/m1/s1. The molecule has 0 aliphatic carbocycles. The first-order valence-electron chi connectivity index (χ1n) is 7.98. The molecule has 0 bridgehead atoms. The summed E-state index contributed by atoms with van der Waals surface area (Å²) in [4.78, 5) is 37.3. The smallest absolute Gasteiger partial charge is 0.270 e. The third kappa shape index (κ3) is 4.87. The van der Waals surface area contributed by atoms with Gasteiger partial charge in [-0.1, -0.05) is 13.8 Å². The first-order chi connectivity index (χ1) is 11.8. The predicted octanol–water partition coefficient (Wildman–Crippen LogP) is 2.23. The molecule has 1 heterocycles. The summed E-state index contributed by atoms with van der Waals surface area (Å²) >= 11 is 0. The average Bonchev–Trinajstić information content (AvgIpc) is 2.52. The maximum Gasteiger partial charge on any atom is 0.270 e. The number of nitrogens with zero attached hydrogens (tertiary/aromatic N) is 1. The Hall–Kier alpha value is -2.74. The third-order valence-corrected chi connectivity index (χ3v) is 3.48. The van der Waals surface area contributed by atoms with Crippen molar-refractivity contribution in [2.45, 2.75) is 26.8 Å². The first-order valence-corrected chi connectivity index (χ1v) is 7.98. The van der Waals surface area contributed by atoms with Crippen LogP contribution >= 0.6 is 0 Å². The summed E-state index contributed by atoms with van der Waals surface area (Å²) in [5, 5.41) is 14.0. The van der Waals surface area contributed by atoms with E-state index in [0.29, 0.717) is 30.0 Å². The highest BCUT2D eigenvalue weighted by molar-refractivity contribution is 6.06. The van der Waals surface area contributed by atoms with Crippen molar-refractivity contribution in [3.8, 4) is 0 Å². The zero-order valence-corrected chi connectivity index (χ0v) is 14.4. The molecule has 0 aliphatic rings. The van der Waals surface area contributed by atoms with Gasteiger partial charge >= 0.3 is 0 Å². The van der Waals surface area contributed by atoms with Crippen LogP contribution in [0.4, 0.5) is 5.69 Å². The Balaban J connectivity index is 2.26. The van der Waals surface area contributed by atoms with Crippen molar-refractivity contribution in [1.82, 2.24) is 10.3 Å². The van der Waals surface area contributed by atoms with Crippen molar-refractivity contribution in [2.75, 3.05) is 13.2 Å². The number of nitro benzene ring substituents is 1. The monoisotopic (exact) mass is 347 g/mol. The van der Waals surface area contributed by atoms with Gasteiger partial charge in [0, 0.05) is 41.8 Å². The fraction of sp³-hybridized carbons (Fsp3) is 0.412. The number of rotatable bonds is 7. The molecule has 2 aromatic rings. The van der Waals surface area contributed by atoms with E-state index in [1.807, 2.05) is 13.8 Å². The molecule has 134 valence electrons. The molecule has 0 saturated heterocycles. The number of hydrogen-bond acceptors (Lipinski definition) is 5. The normalized spacial score (nSPS) is 12.3. The van der Waals surface area contributed by atoms with Gasteiger partial charge in [0.15, 0.2) is 0 Å². The number of fused-ring (bicyclic) bond motifs is 1. The number of aromatic amines is 1. The number of carbonyl (C=O) groups is 1. The number of pyridine rings is 1. The van der Waals surface area contributed by atoms with E-state index in [-0.39, 0.29) is 17.3 Å². The zero-order chi connectivity index (χ0) is 18.6. The molecule has 1 amide bonds. The lowest BCUT2D eigenvalue weighted by molar-refractivity contribution is -0.384. The predicted molar refractivity (Wildman–Crippen MR) is 93.8 cm³/mol. The summed E-state index contributed by atoms with van der Waals surface area (Å²) < 4.78 is 5.48. The molecule has 0 saturated carbocycles. The Morgan fingerprint density at radius 1 is 1.28 bits per heavy atom. The van der Waals surface area contributed by atoms with Gasteiger partial charge in [-0.05, 0) is 18.9 Å². The van der Waals surface area contributed by atoms with Crippen molar-refractivity contribution in [3.05, 3.63) is 50.3 Å². The number of H-pyrrole nitrogens is 1. The number of nitrogens with one attached hydrogen (secondary N) is 2. The Bertz CT molecular complexity index is 844. The lowest BCUT2D eigenvalue weighted by Crippen LogP contribution is -2.36. The van der Waals surface area contributed by atoms with Crippen LogP contribution in [0.1, 0.15) is 31.1 Å². The fourth-order valence-electron chi connectivity index (χ4n) is 2.37. The summed E-state index contributed by atoms with van der Waals surface area (Å²) in [5.41, 5.74) is -0.137. The van der Waals surface area contributed by atoms with Crippen LogP contribution in [0.5, 0.6) is 0 Å². The minimum absolute atomic E-state index is 0.0955. The van der Waals surface area contributed by atoms with Gasteiger partial charge in [0.05, 0.1) is 17.1 Å². The molecule has 1 aromatic carbocycles. The summed E-state index contributed by atoms with van der Waals surface area (Å²) in [5.74, 6) is -0.0858. The van der Waals surface area contributed by atoms with Gasteiger partial charge in [-0.25, -0.2) is 0 Å². The van der Waals surface area contributed by atoms with Gasteiger partial charge in [-0.15, -0.1) is 0 Å². The summed E-state index contributed by atoms with van der Waals surface area (Å²) in [6, 6.07) is 4.85. The molecular formula is C17H21N3O5. The lowest BCUT2D eigenvalue weighted by Gasteiger charge is -2.16. The van der Waals surface area contributed by atoms with Crippen molar-refractivity contribution < 1.29 is 14.5 Å². The highest BCUT2D eigenvalue weighted by atomic mass is 16.6. The SMILES string of the molecule is CC(C)COC[C@@H](C)NC(=O)c1cc(=O)[nH]c2ccc([N+](=O)[O-])cc12. The fourth-order valence-corrected chi connectivity index (χ4v) is 2.37. The Kier molecular flexibility index (Phi) is 5.87. The van der Waals surface area contributed by atoms with Crippen molar-refractivity contribution >= 4 is 22.5 Å². The number of amides is 1. The van der Waals surface area contributed by atoms with Crippen LogP contribution < -0.4 is 10.9 Å². The van der Waals surface area contributed by atoms with Gasteiger partial charge in [0.25, 0.3) is 11.6 Å². The number of non-ortho nitro benzene ring substituents is 1. The summed E-state index contributed by atoms with van der Waals surface area (Å²) in [7, 11) is 0. The molecule has 8 nitrogen and oxygen atoms in total. The molecule has 2 N–H and O–H groups in total. The molecule has 8 heteroatoms. The molecule has 0 unspecified atom stereocenters. The Morgan fingerprint density at radius 2 is 2.00 bits per heavy atom. The average molecular weight is 347 g/mol. The zero-order valence-electron chi connectivity index (χ0n) is 14.4. The molecule has 0 fully saturated rings. The number of aromatic nitrogens is 1. The summed E-state index contributed by atoms with van der Waals surface area (Å²) in [6.45, 7) is 6.76. The van der Waals surface area contributed by atoms with Crippen LogP contribution in [0.2, 0.25) is 0 Å². The van der Waals surface area contributed by atoms with Crippen LogP contribution in [0, 0.1) is 16.0 Å². The van der Waals surface area contributed by atoms with Gasteiger partial charge in [-0.2, -0.15) is 0 Å². The second-order valence-corrected chi connectivity index (χ2v) is 6.34. The summed E-state index contributed by atoms with van der Waals surface area (Å²) in [6.07, 6.45) is 0. The van der Waals surface area contributed by atoms with Crippen LogP contribution in [-0.2, 0) is 4.74 Å². The van der Waals surface area contributed by atoms with Crippen LogP contribution in [-0.4, -0.2) is 35.1 Å². The van der Waals surface area contributed by atoms with E-state index in [1.54, 1.807) is 6.92 Å². The number of nitro groups is 1. The number of carbonyl (C=O) groups excluding carboxylic acids is 1. The van der Waals surface area contributed by atoms with Crippen molar-refractivity contribution in [3.63, 3.8) is 0 Å². The molecule has 1 atom stereocenters. The highest BCUT2D eigenvalue weighted by Crippen LogP contribution is 2.21. The van der Waals surface area contributed by atoms with Gasteiger partial charge in [-0.3, -0.25) is 19.7 Å². The molecule has 1 aromatic heterocycles. The van der Waals surface area contributed by atoms with E-state index in [1.165, 1.54) is 18.2 Å². The maximum atomic E-state index is 12.5. The lowest BCUT2D eigenvalue weighted by atomic mass is 10.1. The third-order valence-electron chi connectivity index (χ3n) is 3.48. The Labute approximate surface area is 144 Å². The first kappa shape index (κ1) is 18.6. The van der Waals surface area contributed by atoms with Gasteiger partial charge in [0.1, 0.15) is 0 Å². The second kappa shape index (κ2) is 7.89. The van der Waals surface area contributed by atoms with Crippen molar-refractivity contribution in [1.29, 1.82) is 0 Å². The topological polar surface area (TPSA) is 114 Å². The quantitative estimate of drug-likeness (QED) is 0.589. The Morgan fingerprint density at radius 3 is 2.64 bits per heavy atom. The van der Waals surface area contributed by atoms with E-state index in [2.05, 4.69) is 10.3 Å². The van der Waals surface area contributed by atoms with Crippen LogP contribution in [0.25, 0.3) is 10.9 Å². The highest BCUT2D eigenvalue weighted by Gasteiger charge is 2.17. The molecule has 0 radical (unpaired) electrons. The van der Waals surface area contributed by atoms with Crippen LogP contribution in [0.15, 0.2) is 29.1 Å². The molecule has 25 heavy (non-hydrogen) atoms. The molecule has 0 aliphatic heterocycles. The maximum absolute atomic E-state index is 12.5. The van der Waals surface area contributed by atoms with E-state index < -0.39 is 16.4 Å². The van der Waals surface area contributed by atoms with E-state index in [0.717, 1.165) is 6.07 Å². The molecule has 0 spiro atoms. The second-order valence-electron chi connectivity index (χ2n) is 6.34. The number of ether oxygens (including phenoxy) is 1.